The molecule has 0 saturated carbocycles. The smallest absolute Gasteiger partial charge is 0.135 e. The molecule has 0 aliphatic carbocycles. The number of thiophene rings is 1. The Bertz CT molecular complexity index is 612. The topological polar surface area (TPSA) is 35.2 Å². The largest absolute Gasteiger partial charge is 0.484 e. The van der Waals surface area contributed by atoms with E-state index in [4.69, 9.17) is 10.5 Å². The first-order valence-electron chi connectivity index (χ1n) is 5.71. The van der Waals surface area contributed by atoms with E-state index in [2.05, 4.69) is 31.9 Å². The summed E-state index contributed by atoms with van der Waals surface area (Å²) in [6.07, 6.45) is 0.565. The number of fused-ring (bicyclic) bond motifs is 1. The average molecular weight is 407 g/mol. The van der Waals surface area contributed by atoms with Gasteiger partial charge in [-0.15, -0.1) is 11.3 Å². The molecular weight excluding hydrogens is 397 g/mol. The maximum absolute atomic E-state index is 13.3. The minimum absolute atomic E-state index is 0.128. The summed E-state index contributed by atoms with van der Waals surface area (Å²) in [7, 11) is 0. The highest BCUT2D eigenvalue weighted by atomic mass is 79.9. The molecule has 1 aliphatic heterocycles. The monoisotopic (exact) mass is 405 g/mol. The lowest BCUT2D eigenvalue weighted by atomic mass is 9.96. The minimum Gasteiger partial charge on any atom is -0.484 e. The van der Waals surface area contributed by atoms with Gasteiger partial charge < -0.3 is 10.5 Å². The highest BCUT2D eigenvalue weighted by molar-refractivity contribution is 9.13. The van der Waals surface area contributed by atoms with Gasteiger partial charge in [0.25, 0.3) is 0 Å². The van der Waals surface area contributed by atoms with Gasteiger partial charge in [0, 0.05) is 33.4 Å². The molecule has 2 heterocycles. The Labute approximate surface area is 131 Å². The van der Waals surface area contributed by atoms with E-state index in [0.29, 0.717) is 12.2 Å². The Morgan fingerprint density at radius 1 is 1.32 bits per heavy atom. The predicted molar refractivity (Wildman–Crippen MR) is 81.0 cm³/mol. The lowest BCUT2D eigenvalue weighted by Crippen LogP contribution is -2.23. The second-order valence-electron chi connectivity index (χ2n) is 4.40. The maximum atomic E-state index is 13.3. The normalized spacial score (nSPS) is 21.9. The van der Waals surface area contributed by atoms with Crippen molar-refractivity contribution in [3.05, 3.63) is 48.8 Å². The van der Waals surface area contributed by atoms with Crippen molar-refractivity contribution in [2.24, 2.45) is 5.73 Å². The Kier molecular flexibility index (Phi) is 3.68. The fourth-order valence-electron chi connectivity index (χ4n) is 2.17. The predicted octanol–water partition coefficient (Wildman–Crippen LogP) is 4.94. The molecule has 1 unspecified atom stereocenters. The second kappa shape index (κ2) is 5.16. The molecule has 0 radical (unpaired) electrons. The van der Waals surface area contributed by atoms with Crippen LogP contribution in [0, 0.1) is 5.82 Å². The van der Waals surface area contributed by atoms with Crippen molar-refractivity contribution in [3.8, 4) is 5.75 Å². The Morgan fingerprint density at radius 2 is 2.11 bits per heavy atom. The van der Waals surface area contributed by atoms with Crippen molar-refractivity contribution in [2.45, 2.75) is 18.6 Å². The van der Waals surface area contributed by atoms with Crippen LogP contribution in [-0.4, -0.2) is 0 Å². The number of benzene rings is 1. The van der Waals surface area contributed by atoms with Crippen LogP contribution in [0.5, 0.6) is 5.75 Å². The zero-order valence-corrected chi connectivity index (χ0v) is 13.7. The van der Waals surface area contributed by atoms with Gasteiger partial charge in [-0.3, -0.25) is 0 Å². The van der Waals surface area contributed by atoms with Crippen molar-refractivity contribution >= 4 is 43.2 Å². The van der Waals surface area contributed by atoms with Gasteiger partial charge in [0.05, 0.1) is 3.79 Å². The van der Waals surface area contributed by atoms with E-state index >= 15 is 0 Å². The van der Waals surface area contributed by atoms with E-state index in [1.54, 1.807) is 17.4 Å². The standard InChI is InChI=1S/C13H10Br2FNOS/c14-8-4-12(19-13(8)15)11-5-9(17)7-2-1-6(16)3-10(7)18-11/h1-4,9,11H,5,17H2/t9-,11?/m0/s1. The zero-order valence-electron chi connectivity index (χ0n) is 9.70. The van der Waals surface area contributed by atoms with E-state index in [0.717, 1.165) is 18.7 Å². The first-order chi connectivity index (χ1) is 9.04. The summed E-state index contributed by atoms with van der Waals surface area (Å²) in [4.78, 5) is 1.07. The molecule has 6 heteroatoms. The first kappa shape index (κ1) is 13.5. The van der Waals surface area contributed by atoms with E-state index in [-0.39, 0.29) is 18.0 Å². The van der Waals surface area contributed by atoms with Crippen LogP contribution in [0.4, 0.5) is 4.39 Å². The van der Waals surface area contributed by atoms with Crippen LogP contribution in [0.15, 0.2) is 32.5 Å². The fraction of sp³-hybridized carbons (Fsp3) is 0.231. The van der Waals surface area contributed by atoms with Crippen molar-refractivity contribution in [1.82, 2.24) is 0 Å². The van der Waals surface area contributed by atoms with Crippen molar-refractivity contribution < 1.29 is 9.13 Å². The van der Waals surface area contributed by atoms with E-state index in [9.17, 15) is 4.39 Å². The summed E-state index contributed by atoms with van der Waals surface area (Å²) in [5, 5.41) is 0. The molecular formula is C13H10Br2FNOS. The van der Waals surface area contributed by atoms with Crippen LogP contribution in [0.2, 0.25) is 0 Å². The molecule has 1 aromatic carbocycles. The Balaban J connectivity index is 1.96. The zero-order chi connectivity index (χ0) is 13.6. The molecule has 19 heavy (non-hydrogen) atoms. The second-order valence-corrected chi connectivity index (χ2v) is 7.66. The number of ether oxygens (including phenoxy) is 1. The molecule has 2 atom stereocenters. The Hall–Kier alpha value is -0.430. The third kappa shape index (κ3) is 2.59. The van der Waals surface area contributed by atoms with Crippen LogP contribution in [0.1, 0.15) is 29.0 Å². The van der Waals surface area contributed by atoms with Crippen molar-refractivity contribution in [3.63, 3.8) is 0 Å². The molecule has 0 fully saturated rings. The van der Waals surface area contributed by atoms with Gasteiger partial charge in [-0.1, -0.05) is 6.07 Å². The molecule has 0 bridgehead atoms. The van der Waals surface area contributed by atoms with Crippen LogP contribution >= 0.6 is 43.2 Å². The van der Waals surface area contributed by atoms with Crippen molar-refractivity contribution in [2.75, 3.05) is 0 Å². The maximum Gasteiger partial charge on any atom is 0.135 e. The number of rotatable bonds is 1. The van der Waals surface area contributed by atoms with Gasteiger partial charge in [0.2, 0.25) is 0 Å². The molecule has 2 N–H and O–H groups in total. The molecule has 1 aliphatic rings. The van der Waals surface area contributed by atoms with Crippen LogP contribution < -0.4 is 10.5 Å². The number of hydrogen-bond acceptors (Lipinski definition) is 3. The molecule has 3 rings (SSSR count). The fourth-order valence-corrected chi connectivity index (χ4v) is 4.30. The lowest BCUT2D eigenvalue weighted by molar-refractivity contribution is 0.164. The summed E-state index contributed by atoms with van der Waals surface area (Å²) in [5.74, 6) is 0.240. The van der Waals surface area contributed by atoms with Gasteiger partial charge >= 0.3 is 0 Å². The summed E-state index contributed by atoms with van der Waals surface area (Å²) in [6.45, 7) is 0. The van der Waals surface area contributed by atoms with Crippen molar-refractivity contribution in [1.29, 1.82) is 0 Å². The third-order valence-corrected chi connectivity index (χ3v) is 6.44. The minimum atomic E-state index is -0.305. The molecule has 0 saturated heterocycles. The molecule has 0 amide bonds. The first-order valence-corrected chi connectivity index (χ1v) is 8.11. The summed E-state index contributed by atoms with van der Waals surface area (Å²) in [5.41, 5.74) is 7.02. The van der Waals surface area contributed by atoms with Gasteiger partial charge in [-0.25, -0.2) is 4.39 Å². The number of halogens is 3. The van der Waals surface area contributed by atoms with E-state index in [1.807, 2.05) is 6.07 Å². The summed E-state index contributed by atoms with van der Waals surface area (Å²) < 4.78 is 21.2. The SMILES string of the molecule is N[C@H]1CC(c2cc(Br)c(Br)s2)Oc2cc(F)ccc21. The third-order valence-electron chi connectivity index (χ3n) is 3.09. The molecule has 100 valence electrons. The van der Waals surface area contributed by atoms with Gasteiger partial charge in [-0.05, 0) is 44.0 Å². The Morgan fingerprint density at radius 3 is 2.79 bits per heavy atom. The van der Waals surface area contributed by atoms with Crippen LogP contribution in [0.3, 0.4) is 0 Å². The number of hydrogen-bond donors (Lipinski definition) is 1. The van der Waals surface area contributed by atoms with E-state index < -0.39 is 0 Å². The molecule has 2 aromatic rings. The summed E-state index contributed by atoms with van der Waals surface area (Å²) >= 11 is 8.52. The highest BCUT2D eigenvalue weighted by Crippen LogP contribution is 2.44. The summed E-state index contributed by atoms with van der Waals surface area (Å²) in [6, 6.07) is 6.40. The number of nitrogens with two attached hydrogens (primary N) is 1. The molecule has 2 nitrogen and oxygen atoms in total. The molecule has 1 aromatic heterocycles. The highest BCUT2D eigenvalue weighted by Gasteiger charge is 2.28. The van der Waals surface area contributed by atoms with Gasteiger partial charge in [0.1, 0.15) is 17.7 Å². The average Bonchev–Trinajstić information content (AvgIpc) is 2.69. The van der Waals surface area contributed by atoms with Gasteiger partial charge in [0.15, 0.2) is 0 Å². The molecule has 0 spiro atoms. The van der Waals surface area contributed by atoms with E-state index in [1.165, 1.54) is 12.1 Å². The van der Waals surface area contributed by atoms with Crippen LogP contribution in [-0.2, 0) is 0 Å². The quantitative estimate of drug-likeness (QED) is 0.728. The van der Waals surface area contributed by atoms with Gasteiger partial charge in [-0.2, -0.15) is 0 Å². The lowest BCUT2D eigenvalue weighted by Gasteiger charge is -2.29. The van der Waals surface area contributed by atoms with Crippen LogP contribution in [0.25, 0.3) is 0 Å².